The Balaban J connectivity index is 1.82. The molecule has 3 heterocycles. The van der Waals surface area contributed by atoms with Crippen LogP contribution in [0.5, 0.6) is 0 Å². The summed E-state index contributed by atoms with van der Waals surface area (Å²) in [6, 6.07) is 7.41. The highest BCUT2D eigenvalue weighted by Crippen LogP contribution is 2.17. The Hall–Kier alpha value is -1.99. The van der Waals surface area contributed by atoms with Crippen LogP contribution in [0, 0.1) is 0 Å². The van der Waals surface area contributed by atoms with Crippen LogP contribution >= 0.6 is 15.9 Å². The SMILES string of the molecule is CN1NC(Br)C=C1C(=O)Nc1ccc2cccnc2n1. The van der Waals surface area contributed by atoms with Crippen molar-refractivity contribution in [1.29, 1.82) is 0 Å². The van der Waals surface area contributed by atoms with Crippen LogP contribution < -0.4 is 10.7 Å². The standard InChI is InChI=1S/C13H12BrN5O/c1-19-9(7-10(14)18-19)13(20)17-11-5-4-8-3-2-6-15-12(8)16-11/h2-7,10,18H,1H3,(H,15,16,17,20). The van der Waals surface area contributed by atoms with E-state index in [0.717, 1.165) is 5.39 Å². The van der Waals surface area contributed by atoms with Gasteiger partial charge in [0.25, 0.3) is 5.91 Å². The van der Waals surface area contributed by atoms with Crippen LogP contribution in [-0.2, 0) is 4.79 Å². The van der Waals surface area contributed by atoms with E-state index >= 15 is 0 Å². The number of carbonyl (C=O) groups excluding carboxylic acids is 1. The Bertz CT molecular complexity index is 702. The predicted molar refractivity (Wildman–Crippen MR) is 79.9 cm³/mol. The number of pyridine rings is 2. The molecule has 1 aliphatic heterocycles. The lowest BCUT2D eigenvalue weighted by Crippen LogP contribution is -2.34. The zero-order valence-electron chi connectivity index (χ0n) is 10.7. The molecule has 3 rings (SSSR count). The van der Waals surface area contributed by atoms with E-state index in [2.05, 4.69) is 36.6 Å². The maximum Gasteiger partial charge on any atom is 0.274 e. The molecule has 1 amide bonds. The molecule has 102 valence electrons. The number of alkyl halides is 1. The highest BCUT2D eigenvalue weighted by atomic mass is 79.9. The van der Waals surface area contributed by atoms with E-state index in [1.54, 1.807) is 30.4 Å². The molecular formula is C13H12BrN5O. The Morgan fingerprint density at radius 2 is 2.30 bits per heavy atom. The van der Waals surface area contributed by atoms with E-state index in [-0.39, 0.29) is 10.9 Å². The van der Waals surface area contributed by atoms with E-state index in [4.69, 9.17) is 0 Å². The molecule has 20 heavy (non-hydrogen) atoms. The number of fused-ring (bicyclic) bond motifs is 1. The molecule has 1 atom stereocenters. The number of hydrogen-bond donors (Lipinski definition) is 2. The lowest BCUT2D eigenvalue weighted by atomic mass is 10.3. The number of hydrogen-bond acceptors (Lipinski definition) is 5. The largest absolute Gasteiger partial charge is 0.305 e. The average Bonchev–Trinajstić information content (AvgIpc) is 2.78. The first-order chi connectivity index (χ1) is 9.63. The Kier molecular flexibility index (Phi) is 3.37. The first-order valence-electron chi connectivity index (χ1n) is 6.02. The van der Waals surface area contributed by atoms with Gasteiger partial charge in [0.05, 0.1) is 0 Å². The summed E-state index contributed by atoms with van der Waals surface area (Å²) < 4.78 is 0. The molecule has 2 aromatic heterocycles. The van der Waals surface area contributed by atoms with Crippen LogP contribution in [0.4, 0.5) is 5.82 Å². The van der Waals surface area contributed by atoms with Gasteiger partial charge in [-0.25, -0.2) is 15.4 Å². The van der Waals surface area contributed by atoms with Crippen LogP contribution in [0.15, 0.2) is 42.2 Å². The van der Waals surface area contributed by atoms with Gasteiger partial charge in [-0.3, -0.25) is 4.79 Å². The third-order valence-electron chi connectivity index (χ3n) is 2.92. The second kappa shape index (κ2) is 5.18. The van der Waals surface area contributed by atoms with Crippen molar-refractivity contribution in [2.75, 3.05) is 12.4 Å². The van der Waals surface area contributed by atoms with Gasteiger partial charge in [0.2, 0.25) is 0 Å². The van der Waals surface area contributed by atoms with Crippen molar-refractivity contribution >= 4 is 38.7 Å². The van der Waals surface area contributed by atoms with Crippen LogP contribution in [0.1, 0.15) is 0 Å². The van der Waals surface area contributed by atoms with Crippen LogP contribution in [-0.4, -0.2) is 32.9 Å². The minimum absolute atomic E-state index is 0.0421. The lowest BCUT2D eigenvalue weighted by molar-refractivity contribution is -0.114. The van der Waals surface area contributed by atoms with Crippen molar-refractivity contribution in [3.05, 3.63) is 42.2 Å². The molecule has 0 aromatic carbocycles. The van der Waals surface area contributed by atoms with Crippen LogP contribution in [0.3, 0.4) is 0 Å². The quantitative estimate of drug-likeness (QED) is 0.645. The zero-order chi connectivity index (χ0) is 14.1. The fourth-order valence-corrected chi connectivity index (χ4v) is 2.53. The predicted octanol–water partition coefficient (Wildman–Crippen LogP) is 1.62. The number of amides is 1. The fourth-order valence-electron chi connectivity index (χ4n) is 1.97. The molecule has 0 saturated heterocycles. The first kappa shape index (κ1) is 13.0. The van der Waals surface area contributed by atoms with Gasteiger partial charge in [0, 0.05) is 18.6 Å². The zero-order valence-corrected chi connectivity index (χ0v) is 12.3. The summed E-state index contributed by atoms with van der Waals surface area (Å²) in [5, 5.41) is 5.36. The van der Waals surface area contributed by atoms with Gasteiger partial charge in [-0.2, -0.15) is 0 Å². The minimum Gasteiger partial charge on any atom is -0.305 e. The molecule has 0 aliphatic carbocycles. The number of hydrazine groups is 1. The second-order valence-corrected chi connectivity index (χ2v) is 5.33. The summed E-state index contributed by atoms with van der Waals surface area (Å²) >= 11 is 3.37. The Morgan fingerprint density at radius 3 is 3.05 bits per heavy atom. The molecule has 6 nitrogen and oxygen atoms in total. The van der Waals surface area contributed by atoms with E-state index in [1.165, 1.54) is 0 Å². The number of likely N-dealkylation sites (N-methyl/N-ethyl adjacent to an activating group) is 1. The smallest absolute Gasteiger partial charge is 0.274 e. The van der Waals surface area contributed by atoms with E-state index < -0.39 is 0 Å². The van der Waals surface area contributed by atoms with Gasteiger partial charge in [0.1, 0.15) is 16.5 Å². The number of nitrogens with one attached hydrogen (secondary N) is 2. The highest BCUT2D eigenvalue weighted by Gasteiger charge is 2.23. The molecule has 0 fully saturated rings. The Labute approximate surface area is 124 Å². The van der Waals surface area contributed by atoms with Gasteiger partial charge in [-0.05, 0) is 30.3 Å². The number of anilines is 1. The van der Waals surface area contributed by atoms with Crippen molar-refractivity contribution in [1.82, 2.24) is 20.4 Å². The summed E-state index contributed by atoms with van der Waals surface area (Å²) in [5.74, 6) is 0.262. The number of halogens is 1. The van der Waals surface area contributed by atoms with Gasteiger partial charge < -0.3 is 10.3 Å². The summed E-state index contributed by atoms with van der Waals surface area (Å²) in [6.07, 6.45) is 3.46. The monoisotopic (exact) mass is 333 g/mol. The molecule has 1 aliphatic rings. The molecule has 0 radical (unpaired) electrons. The topological polar surface area (TPSA) is 70.2 Å². The van der Waals surface area contributed by atoms with Crippen molar-refractivity contribution in [3.63, 3.8) is 0 Å². The maximum atomic E-state index is 12.2. The van der Waals surface area contributed by atoms with Gasteiger partial charge >= 0.3 is 0 Å². The molecule has 0 bridgehead atoms. The number of rotatable bonds is 2. The summed E-state index contributed by atoms with van der Waals surface area (Å²) in [7, 11) is 1.78. The van der Waals surface area contributed by atoms with Gasteiger partial charge in [-0.1, -0.05) is 15.9 Å². The fraction of sp³-hybridized carbons (Fsp3) is 0.154. The van der Waals surface area contributed by atoms with Crippen LogP contribution in [0.2, 0.25) is 0 Å². The normalized spacial score (nSPS) is 18.2. The molecule has 0 saturated carbocycles. The van der Waals surface area contributed by atoms with Crippen molar-refractivity contribution in [2.24, 2.45) is 0 Å². The molecule has 7 heteroatoms. The summed E-state index contributed by atoms with van der Waals surface area (Å²) in [6.45, 7) is 0. The van der Waals surface area contributed by atoms with E-state index in [9.17, 15) is 4.79 Å². The molecule has 1 unspecified atom stereocenters. The Morgan fingerprint density at radius 1 is 1.45 bits per heavy atom. The number of aromatic nitrogens is 2. The summed E-state index contributed by atoms with van der Waals surface area (Å²) in [5.41, 5.74) is 4.17. The number of nitrogens with zero attached hydrogens (tertiary/aromatic N) is 3. The maximum absolute atomic E-state index is 12.2. The first-order valence-corrected chi connectivity index (χ1v) is 6.94. The van der Waals surface area contributed by atoms with Crippen molar-refractivity contribution < 1.29 is 4.79 Å². The highest BCUT2D eigenvalue weighted by molar-refractivity contribution is 9.09. The molecule has 2 N–H and O–H groups in total. The molecule has 0 spiro atoms. The second-order valence-electron chi connectivity index (χ2n) is 4.34. The van der Waals surface area contributed by atoms with Gasteiger partial charge in [0.15, 0.2) is 5.65 Å². The number of carbonyl (C=O) groups is 1. The van der Waals surface area contributed by atoms with Crippen LogP contribution in [0.25, 0.3) is 11.0 Å². The minimum atomic E-state index is -0.218. The third-order valence-corrected chi connectivity index (χ3v) is 3.39. The third kappa shape index (κ3) is 2.50. The average molecular weight is 334 g/mol. The van der Waals surface area contributed by atoms with Crippen molar-refractivity contribution in [3.8, 4) is 0 Å². The molecule has 2 aromatic rings. The molecular weight excluding hydrogens is 322 g/mol. The lowest BCUT2D eigenvalue weighted by Gasteiger charge is -2.16. The van der Waals surface area contributed by atoms with E-state index in [0.29, 0.717) is 17.2 Å². The van der Waals surface area contributed by atoms with Crippen molar-refractivity contribution in [2.45, 2.75) is 4.95 Å². The van der Waals surface area contributed by atoms with Gasteiger partial charge in [-0.15, -0.1) is 0 Å². The van der Waals surface area contributed by atoms with E-state index in [1.807, 2.05) is 18.2 Å². The summed E-state index contributed by atoms with van der Waals surface area (Å²) in [4.78, 5) is 20.6.